The Bertz CT molecular complexity index is 357. The summed E-state index contributed by atoms with van der Waals surface area (Å²) in [5.41, 5.74) is 7.70. The Morgan fingerprint density at radius 2 is 2.25 bits per heavy atom. The fraction of sp³-hybridized carbons (Fsp3) is 0.500. The Morgan fingerprint density at radius 3 is 2.88 bits per heavy atom. The highest BCUT2D eigenvalue weighted by atomic mass is 35.5. The number of nitrogens with zero attached hydrogens (tertiary/aromatic N) is 1. The molecule has 1 heterocycles. The molecule has 1 aromatic carbocycles. The standard InChI is InChI=1S/C12H17FN2.ClH/c1-9-2-3-12(13)10(6-9)7-15-5-4-11(14)8-15;/h2-3,6,11H,4-5,7-8,14H2,1H3;1H/t11-;/m0./s1. The zero-order chi connectivity index (χ0) is 10.8. The van der Waals surface area contributed by atoms with Crippen LogP contribution >= 0.6 is 12.4 Å². The molecule has 4 heteroatoms. The Balaban J connectivity index is 0.00000128. The summed E-state index contributed by atoms with van der Waals surface area (Å²) < 4.78 is 13.5. The molecule has 2 nitrogen and oxygen atoms in total. The van der Waals surface area contributed by atoms with Crippen molar-refractivity contribution in [3.05, 3.63) is 35.1 Å². The topological polar surface area (TPSA) is 29.3 Å². The van der Waals surface area contributed by atoms with Gasteiger partial charge in [-0.1, -0.05) is 17.7 Å². The molecule has 0 spiro atoms. The van der Waals surface area contributed by atoms with Crippen molar-refractivity contribution in [1.29, 1.82) is 0 Å². The molecule has 0 saturated carbocycles. The van der Waals surface area contributed by atoms with Crippen LogP contribution in [0.4, 0.5) is 4.39 Å². The van der Waals surface area contributed by atoms with Gasteiger partial charge in [0.25, 0.3) is 0 Å². The highest BCUT2D eigenvalue weighted by molar-refractivity contribution is 5.85. The summed E-state index contributed by atoms with van der Waals surface area (Å²) in [5, 5.41) is 0. The molecule has 1 aliphatic heterocycles. The normalized spacial score (nSPS) is 20.8. The van der Waals surface area contributed by atoms with Crippen LogP contribution in [-0.2, 0) is 6.54 Å². The summed E-state index contributed by atoms with van der Waals surface area (Å²) in [4.78, 5) is 2.21. The third-order valence-electron chi connectivity index (χ3n) is 2.90. The zero-order valence-electron chi connectivity index (χ0n) is 9.45. The number of halogens is 2. The van der Waals surface area contributed by atoms with Gasteiger partial charge in [-0.3, -0.25) is 4.90 Å². The molecule has 1 atom stereocenters. The summed E-state index contributed by atoms with van der Waals surface area (Å²) in [5.74, 6) is -0.110. The lowest BCUT2D eigenvalue weighted by molar-refractivity contribution is 0.321. The quantitative estimate of drug-likeness (QED) is 0.863. The van der Waals surface area contributed by atoms with Crippen molar-refractivity contribution in [2.75, 3.05) is 13.1 Å². The molecule has 90 valence electrons. The number of likely N-dealkylation sites (tertiary alicyclic amines) is 1. The number of hydrogen-bond acceptors (Lipinski definition) is 2. The van der Waals surface area contributed by atoms with Crippen LogP contribution < -0.4 is 5.73 Å². The minimum absolute atomic E-state index is 0. The van der Waals surface area contributed by atoms with Gasteiger partial charge in [0.05, 0.1) is 0 Å². The van der Waals surface area contributed by atoms with Crippen LogP contribution in [0.1, 0.15) is 17.5 Å². The van der Waals surface area contributed by atoms with Gasteiger partial charge in [0.15, 0.2) is 0 Å². The summed E-state index contributed by atoms with van der Waals surface area (Å²) in [7, 11) is 0. The average molecular weight is 245 g/mol. The first-order valence-corrected chi connectivity index (χ1v) is 5.38. The first-order chi connectivity index (χ1) is 7.15. The SMILES string of the molecule is Cc1ccc(F)c(CN2CC[C@H](N)C2)c1.Cl. The van der Waals surface area contributed by atoms with E-state index in [1.165, 1.54) is 0 Å². The van der Waals surface area contributed by atoms with E-state index in [0.29, 0.717) is 6.54 Å². The van der Waals surface area contributed by atoms with Crippen LogP contribution in [0.25, 0.3) is 0 Å². The van der Waals surface area contributed by atoms with Crippen LogP contribution in [0, 0.1) is 12.7 Å². The maximum atomic E-state index is 13.5. The van der Waals surface area contributed by atoms with Crippen molar-refractivity contribution in [1.82, 2.24) is 4.90 Å². The first-order valence-electron chi connectivity index (χ1n) is 5.38. The van der Waals surface area contributed by atoms with E-state index in [1.807, 2.05) is 13.0 Å². The molecule has 0 radical (unpaired) electrons. The molecule has 0 amide bonds. The largest absolute Gasteiger partial charge is 0.326 e. The molecule has 16 heavy (non-hydrogen) atoms. The highest BCUT2D eigenvalue weighted by Gasteiger charge is 2.19. The third-order valence-corrected chi connectivity index (χ3v) is 2.90. The van der Waals surface area contributed by atoms with E-state index in [1.54, 1.807) is 12.1 Å². The summed E-state index contributed by atoms with van der Waals surface area (Å²) in [6.07, 6.45) is 1.02. The number of rotatable bonds is 2. The highest BCUT2D eigenvalue weighted by Crippen LogP contribution is 2.16. The van der Waals surface area contributed by atoms with Gasteiger partial charge < -0.3 is 5.73 Å². The molecule has 0 aliphatic carbocycles. The molecular formula is C12H18ClFN2. The van der Waals surface area contributed by atoms with Crippen molar-refractivity contribution in [2.45, 2.75) is 25.9 Å². The number of benzene rings is 1. The van der Waals surface area contributed by atoms with Gasteiger partial charge in [-0.05, 0) is 19.4 Å². The number of hydrogen-bond donors (Lipinski definition) is 1. The average Bonchev–Trinajstić information content (AvgIpc) is 2.58. The maximum Gasteiger partial charge on any atom is 0.127 e. The second-order valence-electron chi connectivity index (χ2n) is 4.38. The maximum absolute atomic E-state index is 13.5. The van der Waals surface area contributed by atoms with Crippen LogP contribution in [0.3, 0.4) is 0 Å². The lowest BCUT2D eigenvalue weighted by Gasteiger charge is -2.15. The van der Waals surface area contributed by atoms with Gasteiger partial charge in [-0.25, -0.2) is 4.39 Å². The van der Waals surface area contributed by atoms with Crippen molar-refractivity contribution < 1.29 is 4.39 Å². The van der Waals surface area contributed by atoms with Gasteiger partial charge in [0, 0.05) is 31.2 Å². The van der Waals surface area contributed by atoms with Crippen molar-refractivity contribution in [2.24, 2.45) is 5.73 Å². The van der Waals surface area contributed by atoms with Gasteiger partial charge >= 0.3 is 0 Å². The minimum atomic E-state index is -0.110. The molecule has 0 unspecified atom stereocenters. The van der Waals surface area contributed by atoms with Gasteiger partial charge in [-0.2, -0.15) is 0 Å². The molecule has 0 aromatic heterocycles. The molecule has 2 N–H and O–H groups in total. The van der Waals surface area contributed by atoms with Gasteiger partial charge in [-0.15, -0.1) is 12.4 Å². The van der Waals surface area contributed by atoms with Gasteiger partial charge in [0.2, 0.25) is 0 Å². The van der Waals surface area contributed by atoms with E-state index in [4.69, 9.17) is 5.73 Å². The molecular weight excluding hydrogens is 227 g/mol. The predicted octanol–water partition coefficient (Wildman–Crippen LogP) is 2.09. The van der Waals surface area contributed by atoms with E-state index in [0.717, 1.165) is 30.6 Å². The summed E-state index contributed by atoms with van der Waals surface area (Å²) in [6.45, 7) is 4.53. The Hall–Kier alpha value is -0.640. The fourth-order valence-corrected chi connectivity index (χ4v) is 2.07. The van der Waals surface area contributed by atoms with Crippen LogP contribution in [0.5, 0.6) is 0 Å². The van der Waals surface area contributed by atoms with Crippen LogP contribution in [0.2, 0.25) is 0 Å². The fourth-order valence-electron chi connectivity index (χ4n) is 2.07. The second kappa shape index (κ2) is 5.62. The summed E-state index contributed by atoms with van der Waals surface area (Å²) >= 11 is 0. The molecule has 1 aromatic rings. The summed E-state index contributed by atoms with van der Waals surface area (Å²) in [6, 6.07) is 5.52. The molecule has 1 aliphatic rings. The van der Waals surface area contributed by atoms with Crippen LogP contribution in [-0.4, -0.2) is 24.0 Å². The van der Waals surface area contributed by atoms with E-state index in [9.17, 15) is 4.39 Å². The monoisotopic (exact) mass is 244 g/mol. The van der Waals surface area contributed by atoms with Crippen LogP contribution in [0.15, 0.2) is 18.2 Å². The van der Waals surface area contributed by atoms with E-state index in [-0.39, 0.29) is 24.3 Å². The third kappa shape index (κ3) is 3.17. The zero-order valence-corrected chi connectivity index (χ0v) is 10.3. The Kier molecular flexibility index (Phi) is 4.71. The first kappa shape index (κ1) is 13.4. The van der Waals surface area contributed by atoms with Crippen molar-refractivity contribution >= 4 is 12.4 Å². The second-order valence-corrected chi connectivity index (χ2v) is 4.38. The smallest absolute Gasteiger partial charge is 0.127 e. The van der Waals surface area contributed by atoms with Crippen molar-refractivity contribution in [3.8, 4) is 0 Å². The number of aryl methyl sites for hydroxylation is 1. The molecule has 2 rings (SSSR count). The van der Waals surface area contributed by atoms with Gasteiger partial charge in [0.1, 0.15) is 5.82 Å². The molecule has 0 bridgehead atoms. The van der Waals surface area contributed by atoms with E-state index >= 15 is 0 Å². The lowest BCUT2D eigenvalue weighted by atomic mass is 10.1. The molecule has 1 fully saturated rings. The lowest BCUT2D eigenvalue weighted by Crippen LogP contribution is -2.26. The van der Waals surface area contributed by atoms with Crippen molar-refractivity contribution in [3.63, 3.8) is 0 Å². The Morgan fingerprint density at radius 1 is 1.50 bits per heavy atom. The van der Waals surface area contributed by atoms with E-state index < -0.39 is 0 Å². The number of nitrogens with two attached hydrogens (primary N) is 1. The molecule has 1 saturated heterocycles. The minimum Gasteiger partial charge on any atom is -0.326 e. The Labute approximate surface area is 102 Å². The predicted molar refractivity (Wildman–Crippen MR) is 66.3 cm³/mol. The van der Waals surface area contributed by atoms with E-state index in [2.05, 4.69) is 4.90 Å².